The summed E-state index contributed by atoms with van der Waals surface area (Å²) in [5.74, 6) is 0. The number of hydrogen-bond acceptors (Lipinski definition) is 3. The monoisotopic (exact) mass is 194 g/mol. The van der Waals surface area contributed by atoms with Gasteiger partial charge in [0.15, 0.2) is 0 Å². The number of pyridine rings is 1. The highest BCUT2D eigenvalue weighted by Gasteiger charge is 2.08. The van der Waals surface area contributed by atoms with Crippen LogP contribution in [0.4, 0.5) is 0 Å². The number of rotatable bonds is 5. The largest absolute Gasteiger partial charge is 0.383 e. The second-order valence-electron chi connectivity index (χ2n) is 3.53. The summed E-state index contributed by atoms with van der Waals surface area (Å²) in [6.45, 7) is 4.98. The van der Waals surface area contributed by atoms with Gasteiger partial charge in [-0.1, -0.05) is 0 Å². The summed E-state index contributed by atoms with van der Waals surface area (Å²) in [5, 5.41) is 3.44. The maximum Gasteiger partial charge on any atom is 0.0613 e. The zero-order valence-corrected chi connectivity index (χ0v) is 9.03. The van der Waals surface area contributed by atoms with Crippen LogP contribution in [-0.2, 0) is 4.74 Å². The summed E-state index contributed by atoms with van der Waals surface area (Å²) in [4.78, 5) is 3.99. The van der Waals surface area contributed by atoms with E-state index in [-0.39, 0.29) is 0 Å². The zero-order chi connectivity index (χ0) is 10.4. The van der Waals surface area contributed by atoms with Gasteiger partial charge >= 0.3 is 0 Å². The molecule has 0 aromatic carbocycles. The van der Waals surface area contributed by atoms with Crippen molar-refractivity contribution in [3.8, 4) is 0 Å². The van der Waals surface area contributed by atoms with Crippen molar-refractivity contribution in [1.29, 1.82) is 0 Å². The first-order chi connectivity index (χ1) is 6.74. The van der Waals surface area contributed by atoms with Gasteiger partial charge in [-0.25, -0.2) is 0 Å². The topological polar surface area (TPSA) is 34.1 Å². The summed E-state index contributed by atoms with van der Waals surface area (Å²) < 4.78 is 5.07. The minimum atomic E-state index is 0.336. The fraction of sp³-hybridized carbons (Fsp3) is 0.545. The van der Waals surface area contributed by atoms with E-state index in [2.05, 4.69) is 24.1 Å². The molecule has 1 N–H and O–H groups in total. The lowest BCUT2D eigenvalue weighted by atomic mass is 10.1. The quantitative estimate of drug-likeness (QED) is 0.775. The smallest absolute Gasteiger partial charge is 0.0613 e. The molecule has 0 aliphatic heterocycles. The Kier molecular flexibility index (Phi) is 4.56. The Morgan fingerprint density at radius 3 is 2.57 bits per heavy atom. The van der Waals surface area contributed by atoms with Gasteiger partial charge in [0.05, 0.1) is 6.61 Å². The predicted octanol–water partition coefficient (Wildman–Crippen LogP) is 1.77. The van der Waals surface area contributed by atoms with Gasteiger partial charge in [-0.05, 0) is 31.5 Å². The van der Waals surface area contributed by atoms with Gasteiger partial charge in [0, 0.05) is 31.6 Å². The van der Waals surface area contributed by atoms with Crippen LogP contribution >= 0.6 is 0 Å². The van der Waals surface area contributed by atoms with E-state index < -0.39 is 0 Å². The van der Waals surface area contributed by atoms with Crippen molar-refractivity contribution >= 4 is 0 Å². The Bertz CT molecular complexity index is 251. The number of nitrogens with one attached hydrogen (secondary N) is 1. The molecule has 3 heteroatoms. The van der Waals surface area contributed by atoms with E-state index in [9.17, 15) is 0 Å². The third kappa shape index (κ3) is 3.44. The van der Waals surface area contributed by atoms with Crippen LogP contribution in [0.15, 0.2) is 24.5 Å². The first-order valence-electron chi connectivity index (χ1n) is 4.89. The van der Waals surface area contributed by atoms with Crippen molar-refractivity contribution in [3.63, 3.8) is 0 Å². The predicted molar refractivity (Wildman–Crippen MR) is 57.1 cm³/mol. The molecule has 0 aliphatic rings. The van der Waals surface area contributed by atoms with Crippen LogP contribution in [0, 0.1) is 0 Å². The Morgan fingerprint density at radius 2 is 2.00 bits per heavy atom. The highest BCUT2D eigenvalue weighted by Crippen LogP contribution is 2.10. The molecule has 1 aromatic rings. The van der Waals surface area contributed by atoms with E-state index in [4.69, 9.17) is 4.74 Å². The van der Waals surface area contributed by atoms with Crippen LogP contribution in [0.2, 0.25) is 0 Å². The van der Waals surface area contributed by atoms with Crippen LogP contribution in [0.1, 0.15) is 25.5 Å². The minimum Gasteiger partial charge on any atom is -0.383 e. The SMILES string of the molecule is COCC(C)N[C@@H](C)c1ccncc1. The minimum absolute atomic E-state index is 0.336. The molecule has 0 radical (unpaired) electrons. The lowest BCUT2D eigenvalue weighted by molar-refractivity contribution is 0.167. The lowest BCUT2D eigenvalue weighted by Gasteiger charge is -2.19. The number of nitrogens with zero attached hydrogens (tertiary/aromatic N) is 1. The molecule has 0 saturated carbocycles. The highest BCUT2D eigenvalue weighted by atomic mass is 16.5. The van der Waals surface area contributed by atoms with Crippen LogP contribution in [0.3, 0.4) is 0 Å². The number of ether oxygens (including phenoxy) is 1. The van der Waals surface area contributed by atoms with E-state index in [0.29, 0.717) is 12.1 Å². The van der Waals surface area contributed by atoms with Gasteiger partial charge < -0.3 is 10.1 Å². The Labute approximate surface area is 85.5 Å². The molecule has 0 bridgehead atoms. The third-order valence-electron chi connectivity index (χ3n) is 2.16. The van der Waals surface area contributed by atoms with Gasteiger partial charge in [-0.15, -0.1) is 0 Å². The molecule has 0 fully saturated rings. The van der Waals surface area contributed by atoms with Crippen LogP contribution in [0.25, 0.3) is 0 Å². The average Bonchev–Trinajstić information content (AvgIpc) is 2.19. The van der Waals surface area contributed by atoms with Gasteiger partial charge in [0.2, 0.25) is 0 Å². The summed E-state index contributed by atoms with van der Waals surface area (Å²) in [5.41, 5.74) is 1.25. The second kappa shape index (κ2) is 5.73. The van der Waals surface area contributed by atoms with Crippen LogP contribution < -0.4 is 5.32 Å². The summed E-state index contributed by atoms with van der Waals surface area (Å²) in [6, 6.07) is 4.75. The van der Waals surface area contributed by atoms with Crippen molar-refractivity contribution in [2.75, 3.05) is 13.7 Å². The Morgan fingerprint density at radius 1 is 1.36 bits per heavy atom. The normalized spacial score (nSPS) is 15.1. The van der Waals surface area contributed by atoms with E-state index >= 15 is 0 Å². The molecular formula is C11H18N2O. The lowest BCUT2D eigenvalue weighted by Crippen LogP contribution is -2.32. The number of methoxy groups -OCH3 is 1. The fourth-order valence-electron chi connectivity index (χ4n) is 1.47. The molecule has 0 spiro atoms. The maximum atomic E-state index is 5.07. The van der Waals surface area contributed by atoms with Crippen molar-refractivity contribution < 1.29 is 4.74 Å². The first kappa shape index (κ1) is 11.1. The molecule has 1 aromatic heterocycles. The molecular weight excluding hydrogens is 176 g/mol. The highest BCUT2D eigenvalue weighted by molar-refractivity contribution is 5.14. The molecule has 78 valence electrons. The van der Waals surface area contributed by atoms with Gasteiger partial charge in [-0.3, -0.25) is 4.98 Å². The van der Waals surface area contributed by atoms with Gasteiger partial charge in [0.25, 0.3) is 0 Å². The summed E-state index contributed by atoms with van der Waals surface area (Å²) in [6.07, 6.45) is 3.63. The summed E-state index contributed by atoms with van der Waals surface area (Å²) in [7, 11) is 1.72. The molecule has 3 nitrogen and oxygen atoms in total. The maximum absolute atomic E-state index is 5.07. The molecule has 1 rings (SSSR count). The van der Waals surface area contributed by atoms with E-state index in [1.54, 1.807) is 7.11 Å². The number of aromatic nitrogens is 1. The van der Waals surface area contributed by atoms with Crippen LogP contribution in [-0.4, -0.2) is 24.7 Å². The molecule has 1 unspecified atom stereocenters. The Hall–Kier alpha value is -0.930. The molecule has 0 saturated heterocycles. The van der Waals surface area contributed by atoms with Crippen molar-refractivity contribution in [1.82, 2.24) is 10.3 Å². The van der Waals surface area contributed by atoms with Crippen molar-refractivity contribution in [2.45, 2.75) is 25.9 Å². The summed E-state index contributed by atoms with van der Waals surface area (Å²) >= 11 is 0. The second-order valence-corrected chi connectivity index (χ2v) is 3.53. The molecule has 0 aliphatic carbocycles. The Balaban J connectivity index is 2.46. The van der Waals surface area contributed by atoms with Gasteiger partial charge in [0.1, 0.15) is 0 Å². The zero-order valence-electron chi connectivity index (χ0n) is 9.03. The third-order valence-corrected chi connectivity index (χ3v) is 2.16. The van der Waals surface area contributed by atoms with Crippen LogP contribution in [0.5, 0.6) is 0 Å². The number of hydrogen-bond donors (Lipinski definition) is 1. The molecule has 1 heterocycles. The molecule has 2 atom stereocenters. The van der Waals surface area contributed by atoms with E-state index in [0.717, 1.165) is 6.61 Å². The van der Waals surface area contributed by atoms with Gasteiger partial charge in [-0.2, -0.15) is 0 Å². The van der Waals surface area contributed by atoms with Crippen molar-refractivity contribution in [2.24, 2.45) is 0 Å². The fourth-order valence-corrected chi connectivity index (χ4v) is 1.47. The molecule has 14 heavy (non-hydrogen) atoms. The van der Waals surface area contributed by atoms with Crippen molar-refractivity contribution in [3.05, 3.63) is 30.1 Å². The van der Waals surface area contributed by atoms with E-state index in [1.165, 1.54) is 5.56 Å². The average molecular weight is 194 g/mol. The van der Waals surface area contributed by atoms with E-state index in [1.807, 2.05) is 24.5 Å². The first-order valence-corrected chi connectivity index (χ1v) is 4.89. The molecule has 0 amide bonds. The standard InChI is InChI=1S/C11H18N2O/c1-9(8-14-3)13-10(2)11-4-6-12-7-5-11/h4-7,9-10,13H,8H2,1-3H3/t9?,10-/m0/s1.